The molecule has 0 fully saturated rings. The molecule has 1 atom stereocenters. The van der Waals surface area contributed by atoms with Gasteiger partial charge in [0.2, 0.25) is 0 Å². The maximum Gasteiger partial charge on any atom is 0.257 e. The first-order chi connectivity index (χ1) is 6.45. The average molecular weight is 207 g/mol. The van der Waals surface area contributed by atoms with E-state index in [0.29, 0.717) is 0 Å². The molecule has 0 saturated carbocycles. The third-order valence-corrected chi connectivity index (χ3v) is 1.92. The van der Waals surface area contributed by atoms with Gasteiger partial charge in [0.15, 0.2) is 0 Å². The summed E-state index contributed by atoms with van der Waals surface area (Å²) in [6.45, 7) is 1.36. The molecule has 2 N–H and O–H groups in total. The number of hydrogen-bond donors (Lipinski definition) is 1. The lowest BCUT2D eigenvalue weighted by Gasteiger charge is -2.13. The van der Waals surface area contributed by atoms with E-state index in [9.17, 15) is 17.6 Å². The van der Waals surface area contributed by atoms with Crippen LogP contribution in [-0.4, -0.2) is 6.43 Å². The quantitative estimate of drug-likeness (QED) is 0.741. The fourth-order valence-corrected chi connectivity index (χ4v) is 1.11. The van der Waals surface area contributed by atoms with Gasteiger partial charge in [-0.25, -0.2) is 17.6 Å². The Kier molecular flexibility index (Phi) is 3.10. The first-order valence-electron chi connectivity index (χ1n) is 3.93. The van der Waals surface area contributed by atoms with Gasteiger partial charge >= 0.3 is 0 Å². The third-order valence-electron chi connectivity index (χ3n) is 1.92. The van der Waals surface area contributed by atoms with Crippen molar-refractivity contribution in [3.63, 3.8) is 0 Å². The Labute approximate surface area is 78.5 Å². The molecule has 0 aromatic heterocycles. The number of benzene rings is 1. The van der Waals surface area contributed by atoms with Crippen molar-refractivity contribution in [2.45, 2.75) is 19.4 Å². The Morgan fingerprint density at radius 1 is 1.21 bits per heavy atom. The van der Waals surface area contributed by atoms with Gasteiger partial charge < -0.3 is 5.73 Å². The van der Waals surface area contributed by atoms with Crippen LogP contribution in [0.3, 0.4) is 0 Å². The van der Waals surface area contributed by atoms with Crippen molar-refractivity contribution in [3.05, 3.63) is 34.9 Å². The van der Waals surface area contributed by atoms with Crippen LogP contribution in [0.2, 0.25) is 0 Å². The molecule has 0 saturated heterocycles. The molecular weight excluding hydrogens is 198 g/mol. The van der Waals surface area contributed by atoms with E-state index < -0.39 is 29.7 Å². The van der Waals surface area contributed by atoms with E-state index in [0.717, 1.165) is 6.07 Å². The molecule has 0 aliphatic heterocycles. The lowest BCUT2D eigenvalue weighted by atomic mass is 10.0. The molecule has 0 bridgehead atoms. The van der Waals surface area contributed by atoms with Gasteiger partial charge in [0, 0.05) is 5.56 Å². The molecular formula is C9H9F4N. The highest BCUT2D eigenvalue weighted by Crippen LogP contribution is 2.25. The lowest BCUT2D eigenvalue weighted by Crippen LogP contribution is -2.22. The van der Waals surface area contributed by atoms with Crippen LogP contribution >= 0.6 is 0 Å². The number of halogens is 4. The number of nitrogens with two attached hydrogens (primary N) is 1. The van der Waals surface area contributed by atoms with Crippen molar-refractivity contribution in [1.82, 2.24) is 0 Å². The first-order valence-corrected chi connectivity index (χ1v) is 3.93. The summed E-state index contributed by atoms with van der Waals surface area (Å²) in [5.41, 5.74) is 4.32. The van der Waals surface area contributed by atoms with Gasteiger partial charge in [0.1, 0.15) is 11.6 Å². The second-order valence-electron chi connectivity index (χ2n) is 2.95. The predicted octanol–water partition coefficient (Wildman–Crippen LogP) is 2.54. The standard InChI is InChI=1S/C9H9F4N/c1-4-2-3-5(10)6(7(4)11)8(14)9(12)13/h2-3,8-9H,14H2,1H3/t8-/m1/s1. The normalized spacial score (nSPS) is 13.4. The van der Waals surface area contributed by atoms with E-state index in [1.54, 1.807) is 0 Å². The van der Waals surface area contributed by atoms with Gasteiger partial charge in [-0.2, -0.15) is 0 Å². The summed E-state index contributed by atoms with van der Waals surface area (Å²) in [6.07, 6.45) is -2.99. The number of hydrogen-bond acceptors (Lipinski definition) is 1. The molecule has 0 unspecified atom stereocenters. The Bertz CT molecular complexity index is 338. The molecule has 1 nitrogen and oxygen atoms in total. The molecule has 1 aromatic carbocycles. The van der Waals surface area contributed by atoms with Gasteiger partial charge in [-0.05, 0) is 18.6 Å². The minimum Gasteiger partial charge on any atom is -0.319 e. The summed E-state index contributed by atoms with van der Waals surface area (Å²) in [6, 6.07) is 0.178. The number of aryl methyl sites for hydroxylation is 1. The second kappa shape index (κ2) is 3.96. The minimum atomic E-state index is -2.99. The topological polar surface area (TPSA) is 26.0 Å². The molecule has 5 heteroatoms. The summed E-state index contributed by atoms with van der Waals surface area (Å²) in [5.74, 6) is -2.04. The molecule has 1 rings (SSSR count). The molecule has 14 heavy (non-hydrogen) atoms. The van der Waals surface area contributed by atoms with Crippen LogP contribution in [0.15, 0.2) is 12.1 Å². The van der Waals surface area contributed by atoms with Crippen molar-refractivity contribution in [1.29, 1.82) is 0 Å². The van der Waals surface area contributed by atoms with Crippen molar-refractivity contribution in [2.75, 3.05) is 0 Å². The third kappa shape index (κ3) is 1.87. The first kappa shape index (κ1) is 11.0. The molecule has 78 valence electrons. The van der Waals surface area contributed by atoms with E-state index >= 15 is 0 Å². The molecule has 0 radical (unpaired) electrons. The monoisotopic (exact) mass is 207 g/mol. The minimum absolute atomic E-state index is 0.0949. The fraction of sp³-hybridized carbons (Fsp3) is 0.333. The van der Waals surface area contributed by atoms with E-state index in [-0.39, 0.29) is 5.56 Å². The smallest absolute Gasteiger partial charge is 0.257 e. The van der Waals surface area contributed by atoms with Gasteiger partial charge in [-0.3, -0.25) is 0 Å². The molecule has 0 aliphatic rings. The van der Waals surface area contributed by atoms with Crippen LogP contribution in [0.1, 0.15) is 17.2 Å². The second-order valence-corrected chi connectivity index (χ2v) is 2.95. The van der Waals surface area contributed by atoms with Gasteiger partial charge in [-0.1, -0.05) is 6.07 Å². The summed E-state index contributed by atoms with van der Waals surface area (Å²) in [7, 11) is 0. The maximum atomic E-state index is 13.2. The summed E-state index contributed by atoms with van der Waals surface area (Å²) in [5, 5.41) is 0. The van der Waals surface area contributed by atoms with Crippen molar-refractivity contribution in [3.8, 4) is 0 Å². The number of rotatable bonds is 2. The highest BCUT2D eigenvalue weighted by Gasteiger charge is 2.25. The van der Waals surface area contributed by atoms with Crippen LogP contribution in [0.5, 0.6) is 0 Å². The lowest BCUT2D eigenvalue weighted by molar-refractivity contribution is 0.113. The zero-order valence-electron chi connectivity index (χ0n) is 7.40. The van der Waals surface area contributed by atoms with Crippen LogP contribution in [0.4, 0.5) is 17.6 Å². The van der Waals surface area contributed by atoms with Crippen molar-refractivity contribution < 1.29 is 17.6 Å². The zero-order chi connectivity index (χ0) is 10.9. The SMILES string of the molecule is Cc1ccc(F)c([C@@H](N)C(F)F)c1F. The Morgan fingerprint density at radius 3 is 2.29 bits per heavy atom. The fourth-order valence-electron chi connectivity index (χ4n) is 1.11. The van der Waals surface area contributed by atoms with Crippen LogP contribution in [-0.2, 0) is 0 Å². The van der Waals surface area contributed by atoms with Crippen molar-refractivity contribution >= 4 is 0 Å². The highest BCUT2D eigenvalue weighted by molar-refractivity contribution is 5.29. The van der Waals surface area contributed by atoms with Crippen molar-refractivity contribution in [2.24, 2.45) is 5.73 Å². The molecule has 0 heterocycles. The number of alkyl halides is 2. The van der Waals surface area contributed by atoms with E-state index in [4.69, 9.17) is 5.73 Å². The van der Waals surface area contributed by atoms with E-state index in [1.165, 1.54) is 13.0 Å². The van der Waals surface area contributed by atoms with Crippen LogP contribution in [0.25, 0.3) is 0 Å². The predicted molar refractivity (Wildman–Crippen MR) is 44.0 cm³/mol. The van der Waals surface area contributed by atoms with E-state index in [1.807, 2.05) is 0 Å². The summed E-state index contributed by atoms with van der Waals surface area (Å²) in [4.78, 5) is 0. The molecule has 0 spiro atoms. The molecule has 0 aliphatic carbocycles. The summed E-state index contributed by atoms with van der Waals surface area (Å²) < 4.78 is 50.5. The Hall–Kier alpha value is -1.10. The highest BCUT2D eigenvalue weighted by atomic mass is 19.3. The zero-order valence-corrected chi connectivity index (χ0v) is 7.40. The van der Waals surface area contributed by atoms with Gasteiger partial charge in [0.05, 0.1) is 6.04 Å². The Balaban J connectivity index is 3.25. The largest absolute Gasteiger partial charge is 0.319 e. The van der Waals surface area contributed by atoms with Crippen LogP contribution in [0, 0.1) is 18.6 Å². The van der Waals surface area contributed by atoms with Gasteiger partial charge in [0.25, 0.3) is 6.43 Å². The van der Waals surface area contributed by atoms with Crippen LogP contribution < -0.4 is 5.73 Å². The average Bonchev–Trinajstić information content (AvgIpc) is 2.12. The van der Waals surface area contributed by atoms with E-state index in [2.05, 4.69) is 0 Å². The van der Waals surface area contributed by atoms with Gasteiger partial charge in [-0.15, -0.1) is 0 Å². The maximum absolute atomic E-state index is 13.2. The summed E-state index contributed by atoms with van der Waals surface area (Å²) >= 11 is 0. The molecule has 0 amide bonds. The Morgan fingerprint density at radius 2 is 1.79 bits per heavy atom. The molecule has 1 aromatic rings.